The molecule has 2 N–H and O–H groups in total. The van der Waals surface area contributed by atoms with E-state index in [1.54, 1.807) is 30.7 Å². The maximum absolute atomic E-state index is 14.3. The molecule has 206 valence electrons. The van der Waals surface area contributed by atoms with E-state index in [2.05, 4.69) is 20.6 Å². The first-order valence-electron chi connectivity index (χ1n) is 13.3. The van der Waals surface area contributed by atoms with Crippen LogP contribution >= 0.6 is 0 Å². The summed E-state index contributed by atoms with van der Waals surface area (Å²) in [5, 5.41) is 6.46. The number of halogens is 1. The highest BCUT2D eigenvalue weighted by molar-refractivity contribution is 5.96. The van der Waals surface area contributed by atoms with Gasteiger partial charge in [-0.1, -0.05) is 0 Å². The molecule has 1 atom stereocenters. The second kappa shape index (κ2) is 10.6. The number of imidazole rings is 1. The molecule has 2 aromatic heterocycles. The van der Waals surface area contributed by atoms with E-state index in [-0.39, 0.29) is 23.6 Å². The van der Waals surface area contributed by atoms with E-state index >= 15 is 0 Å². The van der Waals surface area contributed by atoms with Crippen molar-refractivity contribution in [2.24, 2.45) is 0 Å². The van der Waals surface area contributed by atoms with Gasteiger partial charge in [-0.2, -0.15) is 0 Å². The van der Waals surface area contributed by atoms with Crippen LogP contribution in [0.4, 0.5) is 15.9 Å². The second-order valence-electron chi connectivity index (χ2n) is 10.0. The molecule has 10 nitrogen and oxygen atoms in total. The van der Waals surface area contributed by atoms with Gasteiger partial charge in [0.05, 0.1) is 25.0 Å². The van der Waals surface area contributed by atoms with Crippen LogP contribution in [0.15, 0.2) is 55.0 Å². The fraction of sp³-hybridized carbons (Fsp3) is 0.310. The third kappa shape index (κ3) is 4.73. The zero-order valence-electron chi connectivity index (χ0n) is 22.4. The molecule has 2 saturated heterocycles. The predicted octanol–water partition coefficient (Wildman–Crippen LogP) is 3.24. The third-order valence-electron chi connectivity index (χ3n) is 7.60. The van der Waals surface area contributed by atoms with Gasteiger partial charge in [0.2, 0.25) is 5.91 Å². The highest BCUT2D eigenvalue weighted by Gasteiger charge is 2.32. The molecular weight excluding hydrogens is 513 g/mol. The van der Waals surface area contributed by atoms with Crippen LogP contribution in [0.5, 0.6) is 5.75 Å². The van der Waals surface area contributed by atoms with Crippen LogP contribution in [-0.4, -0.2) is 81.9 Å². The van der Waals surface area contributed by atoms with Gasteiger partial charge in [-0.05, 0) is 61.9 Å². The van der Waals surface area contributed by atoms with Gasteiger partial charge in [-0.25, -0.2) is 14.4 Å². The van der Waals surface area contributed by atoms with Crippen LogP contribution in [0.1, 0.15) is 22.3 Å². The molecule has 0 unspecified atom stereocenters. The van der Waals surface area contributed by atoms with Crippen molar-refractivity contribution >= 4 is 29.0 Å². The van der Waals surface area contributed by atoms with Gasteiger partial charge in [0.25, 0.3) is 5.91 Å². The Labute approximate surface area is 230 Å². The summed E-state index contributed by atoms with van der Waals surface area (Å²) in [6.45, 7) is 4.92. The number of benzene rings is 2. The van der Waals surface area contributed by atoms with Crippen LogP contribution in [0.25, 0.3) is 16.9 Å². The summed E-state index contributed by atoms with van der Waals surface area (Å²) in [5.41, 5.74) is 4.17. The topological polar surface area (TPSA) is 104 Å². The molecule has 0 saturated carbocycles. The van der Waals surface area contributed by atoms with Gasteiger partial charge in [0.1, 0.15) is 0 Å². The molecule has 4 heterocycles. The van der Waals surface area contributed by atoms with E-state index in [0.29, 0.717) is 54.5 Å². The van der Waals surface area contributed by atoms with Crippen LogP contribution in [0, 0.1) is 12.7 Å². The number of ether oxygens (including phenoxy) is 1. The molecule has 2 aromatic carbocycles. The summed E-state index contributed by atoms with van der Waals surface area (Å²) in [6.07, 6.45) is 5.98. The summed E-state index contributed by atoms with van der Waals surface area (Å²) in [7, 11) is 1.43. The van der Waals surface area contributed by atoms with Gasteiger partial charge < -0.3 is 25.2 Å². The summed E-state index contributed by atoms with van der Waals surface area (Å²) in [6, 6.07) is 10.3. The number of amides is 2. The Balaban J connectivity index is 1.16. The van der Waals surface area contributed by atoms with Crippen LogP contribution in [0.2, 0.25) is 0 Å². The Bertz CT molecular complexity index is 1590. The Morgan fingerprint density at radius 2 is 1.85 bits per heavy atom. The molecule has 4 aromatic rings. The predicted molar refractivity (Wildman–Crippen MR) is 148 cm³/mol. The molecule has 11 heteroatoms. The quantitative estimate of drug-likeness (QED) is 0.385. The lowest BCUT2D eigenvalue weighted by Crippen LogP contribution is -2.59. The van der Waals surface area contributed by atoms with Gasteiger partial charge in [0.15, 0.2) is 23.0 Å². The first-order valence-corrected chi connectivity index (χ1v) is 13.3. The van der Waals surface area contributed by atoms with Crippen molar-refractivity contribution in [3.63, 3.8) is 0 Å². The largest absolute Gasteiger partial charge is 0.494 e. The number of hydrogen-bond donors (Lipinski definition) is 2. The van der Waals surface area contributed by atoms with Crippen molar-refractivity contribution in [3.05, 3.63) is 71.9 Å². The molecule has 2 fully saturated rings. The highest BCUT2D eigenvalue weighted by atomic mass is 19.1. The first kappa shape index (κ1) is 25.8. The number of aromatic nitrogens is 3. The van der Waals surface area contributed by atoms with Crippen LogP contribution < -0.4 is 15.4 Å². The molecule has 0 spiro atoms. The second-order valence-corrected chi connectivity index (χ2v) is 10.0. The molecule has 0 radical (unpaired) electrons. The fourth-order valence-electron chi connectivity index (χ4n) is 5.18. The molecule has 0 aliphatic carbocycles. The molecule has 2 aliphatic heterocycles. The summed E-state index contributed by atoms with van der Waals surface area (Å²) < 4.78 is 21.2. The molecule has 2 amide bonds. The number of piperazine rings is 1. The fourth-order valence-corrected chi connectivity index (χ4v) is 5.18. The SMILES string of the molecule is COc1ccc(-c2cnc3c(Nc4ccc(C(=O)N5CCN(C(=O)[C@H]6CCN6)CC5)c(C)c4)nccn23)cc1F. The standard InChI is InChI=1S/C29H30FN7O3/c1-18-15-20(4-5-21(18)28(38)35-11-13-36(14-12-35)29(39)23-7-8-31-23)34-26-27-33-17-24(37(27)10-9-32-26)19-3-6-25(40-2)22(30)16-19/h3-6,9-10,15-17,23,31H,7-8,11-14H2,1-2H3,(H,32,34)/t23-/m1/s1. The average molecular weight is 544 g/mol. The van der Waals surface area contributed by atoms with Gasteiger partial charge >= 0.3 is 0 Å². The maximum Gasteiger partial charge on any atom is 0.254 e. The number of fused-ring (bicyclic) bond motifs is 1. The first-order chi connectivity index (χ1) is 19.4. The Morgan fingerprint density at radius 1 is 1.07 bits per heavy atom. The minimum atomic E-state index is -0.450. The summed E-state index contributed by atoms with van der Waals surface area (Å²) >= 11 is 0. The van der Waals surface area contributed by atoms with E-state index in [1.165, 1.54) is 13.2 Å². The number of nitrogens with zero attached hydrogens (tertiary/aromatic N) is 5. The minimum Gasteiger partial charge on any atom is -0.494 e. The van der Waals surface area contributed by atoms with Crippen molar-refractivity contribution < 1.29 is 18.7 Å². The van der Waals surface area contributed by atoms with E-state index in [0.717, 1.165) is 24.2 Å². The van der Waals surface area contributed by atoms with Gasteiger partial charge in [-0.15, -0.1) is 0 Å². The number of hydrogen-bond acceptors (Lipinski definition) is 7. The minimum absolute atomic E-state index is 0.0391. The molecule has 2 aliphatic rings. The summed E-state index contributed by atoms with van der Waals surface area (Å²) in [4.78, 5) is 38.4. The molecular formula is C29H30FN7O3. The van der Waals surface area contributed by atoms with E-state index in [1.807, 2.05) is 39.3 Å². The number of carbonyl (C=O) groups is 2. The smallest absolute Gasteiger partial charge is 0.254 e. The van der Waals surface area contributed by atoms with E-state index < -0.39 is 5.82 Å². The lowest BCUT2D eigenvalue weighted by molar-refractivity contribution is -0.136. The van der Waals surface area contributed by atoms with E-state index in [4.69, 9.17) is 4.74 Å². The summed E-state index contributed by atoms with van der Waals surface area (Å²) in [5.74, 6) is 0.353. The number of aryl methyl sites for hydroxylation is 1. The van der Waals surface area contributed by atoms with Crippen molar-refractivity contribution in [1.82, 2.24) is 29.5 Å². The zero-order valence-corrected chi connectivity index (χ0v) is 22.4. The molecule has 40 heavy (non-hydrogen) atoms. The molecule has 6 rings (SSSR count). The number of nitrogens with one attached hydrogen (secondary N) is 2. The van der Waals surface area contributed by atoms with Crippen LogP contribution in [-0.2, 0) is 4.79 Å². The highest BCUT2D eigenvalue weighted by Crippen LogP contribution is 2.29. The van der Waals surface area contributed by atoms with Crippen molar-refractivity contribution in [3.8, 4) is 17.0 Å². The maximum atomic E-state index is 14.3. The average Bonchev–Trinajstić information content (AvgIpc) is 3.37. The Hall–Kier alpha value is -4.51. The lowest BCUT2D eigenvalue weighted by atomic mass is 10.0. The van der Waals surface area contributed by atoms with Crippen molar-refractivity contribution in [1.29, 1.82) is 0 Å². The van der Waals surface area contributed by atoms with Gasteiger partial charge in [-0.3, -0.25) is 14.0 Å². The van der Waals surface area contributed by atoms with Gasteiger partial charge in [0, 0.05) is 55.4 Å². The monoisotopic (exact) mass is 543 g/mol. The Morgan fingerprint density at radius 3 is 2.52 bits per heavy atom. The van der Waals surface area contributed by atoms with E-state index in [9.17, 15) is 14.0 Å². The zero-order chi connectivity index (χ0) is 27.8. The Kier molecular flexibility index (Phi) is 6.81. The van der Waals surface area contributed by atoms with Crippen molar-refractivity contribution in [2.45, 2.75) is 19.4 Å². The van der Waals surface area contributed by atoms with Crippen molar-refractivity contribution in [2.75, 3.05) is 45.2 Å². The number of rotatable bonds is 6. The number of anilines is 2. The lowest BCUT2D eigenvalue weighted by Gasteiger charge is -2.38. The van der Waals surface area contributed by atoms with Crippen LogP contribution in [0.3, 0.4) is 0 Å². The molecule has 0 bridgehead atoms. The normalized spacial score (nSPS) is 17.0. The number of carbonyl (C=O) groups excluding carboxylic acids is 2. The third-order valence-corrected chi connectivity index (χ3v) is 7.60. The number of methoxy groups -OCH3 is 1.